The van der Waals surface area contributed by atoms with Crippen molar-refractivity contribution in [2.75, 3.05) is 7.11 Å². The van der Waals surface area contributed by atoms with E-state index in [1.807, 2.05) is 30.3 Å². The molecule has 0 atom stereocenters. The Morgan fingerprint density at radius 2 is 2.11 bits per heavy atom. The third kappa shape index (κ3) is 2.38. The first-order valence-electron chi connectivity index (χ1n) is 5.41. The quantitative estimate of drug-likeness (QED) is 0.801. The summed E-state index contributed by atoms with van der Waals surface area (Å²) in [4.78, 5) is 11.6. The molecule has 0 radical (unpaired) electrons. The van der Waals surface area contributed by atoms with Gasteiger partial charge in [-0.2, -0.15) is 0 Å². The van der Waals surface area contributed by atoms with Gasteiger partial charge < -0.3 is 9.84 Å². The van der Waals surface area contributed by atoms with Gasteiger partial charge in [0.25, 0.3) is 0 Å². The first-order chi connectivity index (χ1) is 8.76. The average Bonchev–Trinajstić information content (AvgIpc) is 2.82. The van der Waals surface area contributed by atoms with Crippen molar-refractivity contribution in [2.24, 2.45) is 0 Å². The molecule has 1 heterocycles. The first kappa shape index (κ1) is 12.3. The summed E-state index contributed by atoms with van der Waals surface area (Å²) in [6.45, 7) is 0.0531. The normalized spacial score (nSPS) is 10.3. The van der Waals surface area contributed by atoms with Gasteiger partial charge in [0.05, 0.1) is 20.3 Å². The summed E-state index contributed by atoms with van der Waals surface area (Å²) in [5, 5.41) is 16.7. The van der Waals surface area contributed by atoms with Crippen molar-refractivity contribution in [1.29, 1.82) is 0 Å². The Kier molecular flexibility index (Phi) is 3.69. The molecule has 6 heteroatoms. The number of hydrogen-bond acceptors (Lipinski definition) is 5. The van der Waals surface area contributed by atoms with Crippen LogP contribution in [0.25, 0.3) is 0 Å². The summed E-state index contributed by atoms with van der Waals surface area (Å²) in [5.41, 5.74) is 1.39. The second kappa shape index (κ2) is 5.42. The van der Waals surface area contributed by atoms with Gasteiger partial charge in [0.2, 0.25) is 0 Å². The van der Waals surface area contributed by atoms with Crippen LogP contribution in [-0.2, 0) is 17.9 Å². The summed E-state index contributed by atoms with van der Waals surface area (Å²) >= 11 is 0. The van der Waals surface area contributed by atoms with Crippen LogP contribution in [0.2, 0.25) is 0 Å². The summed E-state index contributed by atoms with van der Waals surface area (Å²) in [6, 6.07) is 9.54. The molecule has 1 aromatic heterocycles. The molecular weight excluding hydrogens is 234 g/mol. The molecule has 0 unspecified atom stereocenters. The van der Waals surface area contributed by atoms with Crippen LogP contribution in [0.1, 0.15) is 21.7 Å². The maximum Gasteiger partial charge on any atom is 0.358 e. The molecule has 18 heavy (non-hydrogen) atoms. The van der Waals surface area contributed by atoms with Gasteiger partial charge in [0.1, 0.15) is 5.69 Å². The van der Waals surface area contributed by atoms with Crippen molar-refractivity contribution in [3.8, 4) is 0 Å². The van der Waals surface area contributed by atoms with E-state index in [0.29, 0.717) is 6.54 Å². The van der Waals surface area contributed by atoms with E-state index in [2.05, 4.69) is 15.0 Å². The van der Waals surface area contributed by atoms with E-state index in [4.69, 9.17) is 5.11 Å². The van der Waals surface area contributed by atoms with Gasteiger partial charge in [0, 0.05) is 0 Å². The Bertz CT molecular complexity index is 537. The third-order valence-corrected chi connectivity index (χ3v) is 2.51. The molecule has 0 amide bonds. The lowest BCUT2D eigenvalue weighted by atomic mass is 10.2. The molecule has 2 rings (SSSR count). The van der Waals surface area contributed by atoms with Gasteiger partial charge in [-0.15, -0.1) is 5.10 Å². The molecule has 1 aromatic carbocycles. The SMILES string of the molecule is COC(=O)c1c(CO)nnn1Cc1ccccc1. The van der Waals surface area contributed by atoms with E-state index >= 15 is 0 Å². The molecule has 0 saturated heterocycles. The highest BCUT2D eigenvalue weighted by Crippen LogP contribution is 2.10. The molecule has 0 bridgehead atoms. The third-order valence-electron chi connectivity index (χ3n) is 2.51. The molecule has 0 saturated carbocycles. The van der Waals surface area contributed by atoms with Crippen molar-refractivity contribution < 1.29 is 14.6 Å². The second-order valence-electron chi connectivity index (χ2n) is 3.68. The van der Waals surface area contributed by atoms with E-state index in [0.717, 1.165) is 5.56 Å². The predicted molar refractivity (Wildman–Crippen MR) is 62.8 cm³/mol. The number of esters is 1. The van der Waals surface area contributed by atoms with Gasteiger partial charge in [-0.05, 0) is 5.56 Å². The zero-order chi connectivity index (χ0) is 13.0. The topological polar surface area (TPSA) is 77.2 Å². The van der Waals surface area contributed by atoms with Crippen LogP contribution < -0.4 is 0 Å². The standard InChI is InChI=1S/C12H13N3O3/c1-18-12(17)11-10(8-16)13-14-15(11)7-9-5-3-2-4-6-9/h2-6,16H,7-8H2,1H3. The number of carbonyl (C=O) groups is 1. The number of hydrogen-bond donors (Lipinski definition) is 1. The lowest BCUT2D eigenvalue weighted by Crippen LogP contribution is -2.14. The number of aromatic nitrogens is 3. The Morgan fingerprint density at radius 3 is 2.72 bits per heavy atom. The van der Waals surface area contributed by atoms with Crippen LogP contribution in [0.5, 0.6) is 0 Å². The summed E-state index contributed by atoms with van der Waals surface area (Å²) < 4.78 is 6.09. The highest BCUT2D eigenvalue weighted by Gasteiger charge is 2.20. The molecule has 0 aliphatic carbocycles. The molecule has 0 aliphatic heterocycles. The molecule has 0 fully saturated rings. The molecule has 0 spiro atoms. The minimum absolute atomic E-state index is 0.184. The molecule has 0 aliphatic rings. The second-order valence-corrected chi connectivity index (χ2v) is 3.68. The van der Waals surface area contributed by atoms with Crippen molar-refractivity contribution >= 4 is 5.97 Å². The molecule has 2 aromatic rings. The van der Waals surface area contributed by atoms with Crippen molar-refractivity contribution in [2.45, 2.75) is 13.2 Å². The number of methoxy groups -OCH3 is 1. The van der Waals surface area contributed by atoms with Crippen LogP contribution in [0.4, 0.5) is 0 Å². The molecule has 6 nitrogen and oxygen atoms in total. The van der Waals surface area contributed by atoms with Crippen LogP contribution in [0.15, 0.2) is 30.3 Å². The van der Waals surface area contributed by atoms with Crippen molar-refractivity contribution in [1.82, 2.24) is 15.0 Å². The monoisotopic (exact) mass is 247 g/mol. The van der Waals surface area contributed by atoms with Gasteiger partial charge in [-0.3, -0.25) is 0 Å². The van der Waals surface area contributed by atoms with Gasteiger partial charge in [-0.25, -0.2) is 9.48 Å². The van der Waals surface area contributed by atoms with E-state index in [1.54, 1.807) is 0 Å². The van der Waals surface area contributed by atoms with Crippen LogP contribution >= 0.6 is 0 Å². The Hall–Kier alpha value is -2.21. The van der Waals surface area contributed by atoms with Crippen molar-refractivity contribution in [3.63, 3.8) is 0 Å². The number of carbonyl (C=O) groups excluding carboxylic acids is 1. The maximum atomic E-state index is 11.6. The first-order valence-corrected chi connectivity index (χ1v) is 5.41. The zero-order valence-corrected chi connectivity index (χ0v) is 9.91. The van der Waals surface area contributed by atoms with Gasteiger partial charge >= 0.3 is 5.97 Å². The average molecular weight is 247 g/mol. The van der Waals surface area contributed by atoms with E-state index < -0.39 is 5.97 Å². The fourth-order valence-corrected chi connectivity index (χ4v) is 1.64. The highest BCUT2D eigenvalue weighted by molar-refractivity contribution is 5.88. The van der Waals surface area contributed by atoms with Crippen LogP contribution in [0, 0.1) is 0 Å². The Labute approximate surface area is 104 Å². The highest BCUT2D eigenvalue weighted by atomic mass is 16.5. The lowest BCUT2D eigenvalue weighted by Gasteiger charge is -2.05. The lowest BCUT2D eigenvalue weighted by molar-refractivity contribution is 0.0583. The van der Waals surface area contributed by atoms with Crippen molar-refractivity contribution in [3.05, 3.63) is 47.3 Å². The largest absolute Gasteiger partial charge is 0.464 e. The molecule has 1 N–H and O–H groups in total. The van der Waals surface area contributed by atoms with E-state index in [9.17, 15) is 4.79 Å². The van der Waals surface area contributed by atoms with Crippen LogP contribution in [0.3, 0.4) is 0 Å². The summed E-state index contributed by atoms with van der Waals surface area (Å²) in [7, 11) is 1.28. The van der Waals surface area contributed by atoms with Crippen LogP contribution in [-0.4, -0.2) is 33.2 Å². The Morgan fingerprint density at radius 1 is 1.39 bits per heavy atom. The predicted octanol–water partition coefficient (Wildman–Crippen LogP) is 0.605. The summed E-state index contributed by atoms with van der Waals surface area (Å²) in [5.74, 6) is -0.556. The number of rotatable bonds is 4. The zero-order valence-electron chi connectivity index (χ0n) is 9.91. The number of aliphatic hydroxyl groups excluding tert-OH is 1. The number of benzene rings is 1. The minimum Gasteiger partial charge on any atom is -0.464 e. The summed E-state index contributed by atoms with van der Waals surface area (Å²) in [6.07, 6.45) is 0. The smallest absolute Gasteiger partial charge is 0.358 e. The molecule has 94 valence electrons. The van der Waals surface area contributed by atoms with Gasteiger partial charge in [0.15, 0.2) is 5.69 Å². The number of aliphatic hydroxyl groups is 1. The number of nitrogens with zero attached hydrogens (tertiary/aromatic N) is 3. The molecular formula is C12H13N3O3. The Balaban J connectivity index is 2.33. The minimum atomic E-state index is -0.556. The van der Waals surface area contributed by atoms with E-state index in [-0.39, 0.29) is 18.0 Å². The van der Waals surface area contributed by atoms with E-state index in [1.165, 1.54) is 11.8 Å². The maximum absolute atomic E-state index is 11.6. The van der Waals surface area contributed by atoms with Gasteiger partial charge in [-0.1, -0.05) is 35.5 Å². The fraction of sp³-hybridized carbons (Fsp3) is 0.250. The fourth-order valence-electron chi connectivity index (χ4n) is 1.64. The number of ether oxygens (including phenoxy) is 1.